The van der Waals surface area contributed by atoms with Crippen LogP contribution in [0, 0.1) is 11.3 Å². The summed E-state index contributed by atoms with van der Waals surface area (Å²) in [7, 11) is 0. The molecule has 1 aromatic rings. The maximum atomic E-state index is 8.67. The molecule has 3 N–H and O–H groups in total. The van der Waals surface area contributed by atoms with E-state index in [4.69, 9.17) is 15.5 Å². The van der Waals surface area contributed by atoms with E-state index in [1.54, 1.807) is 6.07 Å². The van der Waals surface area contributed by atoms with Gasteiger partial charge in [0.25, 0.3) is 0 Å². The van der Waals surface area contributed by atoms with Gasteiger partial charge in [0.15, 0.2) is 0 Å². The summed E-state index contributed by atoms with van der Waals surface area (Å²) >= 11 is 0. The zero-order valence-corrected chi connectivity index (χ0v) is 5.70. The molecule has 0 atom stereocenters. The molecule has 5 heteroatoms. The summed E-state index contributed by atoms with van der Waals surface area (Å²) in [6.45, 7) is -0.515. The van der Waals surface area contributed by atoms with E-state index in [9.17, 15) is 0 Å². The first-order valence-corrected chi connectivity index (χ1v) is 3.01. The van der Waals surface area contributed by atoms with Gasteiger partial charge in [-0.15, -0.1) is 0 Å². The van der Waals surface area contributed by atoms with Crippen LogP contribution < -0.4 is 0 Å². The first kappa shape index (κ1) is 7.72. The molecule has 1 rings (SSSR count). The van der Waals surface area contributed by atoms with Gasteiger partial charge < -0.3 is 15.2 Å². The van der Waals surface area contributed by atoms with Crippen molar-refractivity contribution in [2.45, 2.75) is 13.2 Å². The highest BCUT2D eigenvalue weighted by Crippen LogP contribution is 2.04. The number of aromatic nitrogens is 2. The lowest BCUT2D eigenvalue weighted by Gasteiger charge is -1.90. The molecule has 0 aliphatic carbocycles. The number of aliphatic hydroxyl groups excluding tert-OH is 2. The third-order valence-electron chi connectivity index (χ3n) is 1.28. The molecule has 11 heavy (non-hydrogen) atoms. The van der Waals surface area contributed by atoms with Gasteiger partial charge in [-0.1, -0.05) is 0 Å². The van der Waals surface area contributed by atoms with Gasteiger partial charge in [-0.25, -0.2) is 4.98 Å². The lowest BCUT2D eigenvalue weighted by atomic mass is 10.3. The number of nitrogens with zero attached hydrogens (tertiary/aromatic N) is 2. The Hall–Kier alpha value is -1.38. The van der Waals surface area contributed by atoms with E-state index in [0.29, 0.717) is 11.4 Å². The third-order valence-corrected chi connectivity index (χ3v) is 1.28. The molecular formula is C6H7N3O2. The highest BCUT2D eigenvalue weighted by molar-refractivity contribution is 5.20. The summed E-state index contributed by atoms with van der Waals surface area (Å²) in [5.41, 5.74) is 0.716. The summed E-state index contributed by atoms with van der Waals surface area (Å²) in [6, 6.07) is 1.77. The van der Waals surface area contributed by atoms with Crippen LogP contribution >= 0.6 is 0 Å². The summed E-state index contributed by atoms with van der Waals surface area (Å²) in [6.07, 6.45) is 0. The van der Waals surface area contributed by atoms with E-state index >= 15 is 0 Å². The number of H-pyrrole nitrogens is 1. The van der Waals surface area contributed by atoms with Crippen LogP contribution in [0.5, 0.6) is 0 Å². The largest absolute Gasteiger partial charge is 0.390 e. The Balaban J connectivity index is 3.04. The Morgan fingerprint density at radius 1 is 1.45 bits per heavy atom. The van der Waals surface area contributed by atoms with Crippen molar-refractivity contribution in [3.05, 3.63) is 17.2 Å². The molecule has 5 nitrogen and oxygen atoms in total. The number of hydrogen-bond acceptors (Lipinski definition) is 4. The number of imidazole rings is 1. The van der Waals surface area contributed by atoms with E-state index in [1.807, 2.05) is 0 Å². The van der Waals surface area contributed by atoms with Crippen molar-refractivity contribution in [3.63, 3.8) is 0 Å². The number of nitrogens with one attached hydrogen (secondary N) is 1. The molecule has 0 aliphatic rings. The van der Waals surface area contributed by atoms with E-state index in [1.165, 1.54) is 0 Å². The van der Waals surface area contributed by atoms with Crippen molar-refractivity contribution < 1.29 is 10.2 Å². The number of aliphatic hydroxyl groups is 2. The van der Waals surface area contributed by atoms with E-state index in [0.717, 1.165) is 0 Å². The van der Waals surface area contributed by atoms with Crippen LogP contribution in [0.3, 0.4) is 0 Å². The molecule has 0 radical (unpaired) electrons. The average molecular weight is 153 g/mol. The van der Waals surface area contributed by atoms with Gasteiger partial charge >= 0.3 is 0 Å². The van der Waals surface area contributed by atoms with Crippen molar-refractivity contribution in [1.29, 1.82) is 5.26 Å². The van der Waals surface area contributed by atoms with Crippen molar-refractivity contribution in [2.24, 2.45) is 0 Å². The standard InChI is InChI=1S/C6H7N3O2/c7-1-6-8-4(2-10)5(3-11)9-6/h10-11H,2-3H2,(H,8,9). The van der Waals surface area contributed by atoms with Crippen LogP contribution in [0.15, 0.2) is 0 Å². The lowest BCUT2D eigenvalue weighted by Crippen LogP contribution is -1.91. The van der Waals surface area contributed by atoms with Crippen molar-refractivity contribution in [1.82, 2.24) is 9.97 Å². The molecule has 0 spiro atoms. The van der Waals surface area contributed by atoms with Crippen LogP contribution in [0.4, 0.5) is 0 Å². The fourth-order valence-corrected chi connectivity index (χ4v) is 0.760. The summed E-state index contributed by atoms with van der Waals surface area (Å²) in [5.74, 6) is 0.109. The third kappa shape index (κ3) is 1.37. The maximum absolute atomic E-state index is 8.67. The molecule has 0 unspecified atom stereocenters. The number of rotatable bonds is 2. The second kappa shape index (κ2) is 3.14. The molecule has 0 fully saturated rings. The van der Waals surface area contributed by atoms with Gasteiger partial charge in [-0.2, -0.15) is 5.26 Å². The normalized spacial score (nSPS) is 9.55. The smallest absolute Gasteiger partial charge is 0.210 e. The fourth-order valence-electron chi connectivity index (χ4n) is 0.760. The van der Waals surface area contributed by atoms with Crippen molar-refractivity contribution in [2.75, 3.05) is 0 Å². The Labute approximate surface area is 62.9 Å². The van der Waals surface area contributed by atoms with Gasteiger partial charge in [0.05, 0.1) is 24.6 Å². The minimum atomic E-state index is -0.270. The highest BCUT2D eigenvalue weighted by atomic mass is 16.3. The zero-order valence-electron chi connectivity index (χ0n) is 5.70. The van der Waals surface area contributed by atoms with Crippen molar-refractivity contribution in [3.8, 4) is 6.07 Å². The van der Waals surface area contributed by atoms with Gasteiger partial charge in [0.2, 0.25) is 5.82 Å². The molecular weight excluding hydrogens is 146 g/mol. The van der Waals surface area contributed by atoms with E-state index < -0.39 is 0 Å². The monoisotopic (exact) mass is 153 g/mol. The van der Waals surface area contributed by atoms with Gasteiger partial charge in [0.1, 0.15) is 6.07 Å². The molecule has 1 aromatic heterocycles. The molecule has 0 aliphatic heterocycles. The van der Waals surface area contributed by atoms with Crippen LogP contribution in [0.1, 0.15) is 17.2 Å². The van der Waals surface area contributed by atoms with Crippen LogP contribution in [0.25, 0.3) is 0 Å². The summed E-state index contributed by atoms with van der Waals surface area (Å²) in [5, 5.41) is 25.7. The molecule has 0 bridgehead atoms. The Bertz CT molecular complexity index is 265. The Kier molecular flexibility index (Phi) is 2.21. The Morgan fingerprint density at radius 3 is 2.55 bits per heavy atom. The number of hydrogen-bond donors (Lipinski definition) is 3. The predicted molar refractivity (Wildman–Crippen MR) is 35.1 cm³/mol. The number of nitriles is 1. The first-order valence-electron chi connectivity index (χ1n) is 3.01. The Morgan fingerprint density at radius 2 is 2.18 bits per heavy atom. The van der Waals surface area contributed by atoms with Gasteiger partial charge in [-0.3, -0.25) is 0 Å². The molecule has 58 valence electrons. The zero-order chi connectivity index (χ0) is 8.27. The minimum Gasteiger partial charge on any atom is -0.390 e. The molecule has 0 amide bonds. The molecule has 1 heterocycles. The van der Waals surface area contributed by atoms with Crippen molar-refractivity contribution >= 4 is 0 Å². The minimum absolute atomic E-state index is 0.109. The number of aromatic amines is 1. The topological polar surface area (TPSA) is 92.9 Å². The second-order valence-corrected chi connectivity index (χ2v) is 1.94. The average Bonchev–Trinajstić information content (AvgIpc) is 2.46. The SMILES string of the molecule is N#Cc1nc(CO)c(CO)[nH]1. The van der Waals surface area contributed by atoms with Gasteiger partial charge in [0, 0.05) is 0 Å². The van der Waals surface area contributed by atoms with E-state index in [-0.39, 0.29) is 19.0 Å². The highest BCUT2D eigenvalue weighted by Gasteiger charge is 2.06. The first-order chi connectivity index (χ1) is 5.31. The molecule has 0 aromatic carbocycles. The van der Waals surface area contributed by atoms with Crippen LogP contribution in [0.2, 0.25) is 0 Å². The molecule has 0 saturated carbocycles. The van der Waals surface area contributed by atoms with Crippen LogP contribution in [-0.2, 0) is 13.2 Å². The van der Waals surface area contributed by atoms with E-state index in [2.05, 4.69) is 9.97 Å². The quantitative estimate of drug-likeness (QED) is 0.522. The fraction of sp³-hybridized carbons (Fsp3) is 0.333. The summed E-state index contributed by atoms with van der Waals surface area (Å²) < 4.78 is 0. The second-order valence-electron chi connectivity index (χ2n) is 1.94. The molecule has 0 saturated heterocycles. The van der Waals surface area contributed by atoms with Gasteiger partial charge in [-0.05, 0) is 0 Å². The maximum Gasteiger partial charge on any atom is 0.210 e. The predicted octanol–water partition coefficient (Wildman–Crippen LogP) is -0.734. The lowest BCUT2D eigenvalue weighted by molar-refractivity contribution is 0.255. The van der Waals surface area contributed by atoms with Crippen LogP contribution in [-0.4, -0.2) is 20.2 Å². The summed E-state index contributed by atoms with van der Waals surface area (Å²) in [4.78, 5) is 6.24.